The molecule has 2 aromatic heterocycles. The number of hydrogen-bond acceptors (Lipinski definition) is 2. The number of hydrogen-bond donors (Lipinski definition) is 0. The van der Waals surface area contributed by atoms with Crippen molar-refractivity contribution in [2.45, 2.75) is 6.92 Å². The first-order chi connectivity index (χ1) is 7.83. The molecule has 1 aromatic carbocycles. The molecule has 0 unspecified atom stereocenters. The van der Waals surface area contributed by atoms with Gasteiger partial charge >= 0.3 is 0 Å². The molecule has 3 rings (SSSR count). The van der Waals surface area contributed by atoms with E-state index in [-0.39, 0.29) is 0 Å². The maximum absolute atomic E-state index is 4.47. The maximum atomic E-state index is 4.47. The second-order valence-electron chi connectivity index (χ2n) is 3.82. The number of nitrogens with zero attached hydrogens (tertiary/aromatic N) is 3. The van der Waals surface area contributed by atoms with Gasteiger partial charge in [0.15, 0.2) is 5.65 Å². The van der Waals surface area contributed by atoms with Crippen LogP contribution in [0.2, 0.25) is 0 Å². The third kappa shape index (κ3) is 1.46. The molecule has 16 heavy (non-hydrogen) atoms. The number of aromatic nitrogens is 3. The van der Waals surface area contributed by atoms with E-state index < -0.39 is 0 Å². The Bertz CT molecular complexity index is 590. The van der Waals surface area contributed by atoms with Crippen LogP contribution in [-0.4, -0.2) is 14.6 Å². The standard InChI is InChI=1S/C13H11N3/c1-10-3-5-11(6-4-10)12-9-13-14-7-2-8-16(13)15-12/h2-9H,1H3. The van der Waals surface area contributed by atoms with E-state index in [4.69, 9.17) is 0 Å². The SMILES string of the molecule is Cc1ccc(-c2cc3ncccn3n2)cc1. The van der Waals surface area contributed by atoms with Gasteiger partial charge in [0.25, 0.3) is 0 Å². The quantitative estimate of drug-likeness (QED) is 0.616. The highest BCUT2D eigenvalue weighted by Crippen LogP contribution is 2.18. The third-order valence-corrected chi connectivity index (χ3v) is 2.58. The number of aryl methyl sites for hydroxylation is 1. The van der Waals surface area contributed by atoms with Crippen LogP contribution in [0, 0.1) is 6.92 Å². The van der Waals surface area contributed by atoms with Crippen LogP contribution >= 0.6 is 0 Å². The predicted molar refractivity (Wildman–Crippen MR) is 63.2 cm³/mol. The molecule has 0 atom stereocenters. The van der Waals surface area contributed by atoms with Crippen LogP contribution in [0.3, 0.4) is 0 Å². The number of fused-ring (bicyclic) bond motifs is 1. The van der Waals surface area contributed by atoms with Crippen molar-refractivity contribution in [2.24, 2.45) is 0 Å². The topological polar surface area (TPSA) is 30.2 Å². The van der Waals surface area contributed by atoms with E-state index in [0.717, 1.165) is 16.9 Å². The van der Waals surface area contributed by atoms with Crippen molar-refractivity contribution >= 4 is 5.65 Å². The Morgan fingerprint density at radius 2 is 1.94 bits per heavy atom. The molecule has 0 saturated carbocycles. The maximum Gasteiger partial charge on any atom is 0.155 e. The molecule has 2 heterocycles. The first kappa shape index (κ1) is 9.09. The highest BCUT2D eigenvalue weighted by atomic mass is 15.2. The molecular formula is C13H11N3. The molecule has 0 bridgehead atoms. The molecule has 3 nitrogen and oxygen atoms in total. The lowest BCUT2D eigenvalue weighted by molar-refractivity contribution is 0.943. The summed E-state index contributed by atoms with van der Waals surface area (Å²) in [6.45, 7) is 2.08. The van der Waals surface area contributed by atoms with Crippen molar-refractivity contribution in [3.63, 3.8) is 0 Å². The van der Waals surface area contributed by atoms with Crippen molar-refractivity contribution in [3.8, 4) is 11.3 Å². The zero-order chi connectivity index (χ0) is 11.0. The van der Waals surface area contributed by atoms with Gasteiger partial charge in [-0.25, -0.2) is 9.50 Å². The van der Waals surface area contributed by atoms with Gasteiger partial charge in [-0.2, -0.15) is 5.10 Å². The predicted octanol–water partition coefficient (Wildman–Crippen LogP) is 2.70. The highest BCUT2D eigenvalue weighted by Gasteiger charge is 2.03. The lowest BCUT2D eigenvalue weighted by atomic mass is 10.1. The van der Waals surface area contributed by atoms with Gasteiger partial charge in [0, 0.05) is 24.0 Å². The van der Waals surface area contributed by atoms with Gasteiger partial charge in [-0.15, -0.1) is 0 Å². The molecule has 0 aliphatic carbocycles. The van der Waals surface area contributed by atoms with Crippen molar-refractivity contribution < 1.29 is 0 Å². The van der Waals surface area contributed by atoms with E-state index in [0.29, 0.717) is 0 Å². The Kier molecular flexibility index (Phi) is 1.96. The molecule has 0 saturated heterocycles. The summed E-state index contributed by atoms with van der Waals surface area (Å²) in [7, 11) is 0. The largest absolute Gasteiger partial charge is 0.237 e. The van der Waals surface area contributed by atoms with Gasteiger partial charge < -0.3 is 0 Å². The second-order valence-corrected chi connectivity index (χ2v) is 3.82. The molecule has 0 spiro atoms. The smallest absolute Gasteiger partial charge is 0.155 e. The van der Waals surface area contributed by atoms with Crippen LogP contribution in [0.1, 0.15) is 5.56 Å². The van der Waals surface area contributed by atoms with Crippen LogP contribution in [0.5, 0.6) is 0 Å². The minimum atomic E-state index is 0.873. The summed E-state index contributed by atoms with van der Waals surface area (Å²) in [6, 6.07) is 12.2. The average Bonchev–Trinajstić information content (AvgIpc) is 2.73. The van der Waals surface area contributed by atoms with Crippen LogP contribution in [0.4, 0.5) is 0 Å². The van der Waals surface area contributed by atoms with Gasteiger partial charge in [-0.05, 0) is 13.0 Å². The molecule has 0 aliphatic heterocycles. The van der Waals surface area contributed by atoms with Gasteiger partial charge in [-0.3, -0.25) is 0 Å². The van der Waals surface area contributed by atoms with Crippen molar-refractivity contribution in [1.82, 2.24) is 14.6 Å². The summed E-state index contributed by atoms with van der Waals surface area (Å²) in [5, 5.41) is 4.47. The Labute approximate surface area is 93.4 Å². The number of rotatable bonds is 1. The molecule has 3 heteroatoms. The minimum absolute atomic E-state index is 0.873. The molecule has 0 aliphatic rings. The Morgan fingerprint density at radius 1 is 1.12 bits per heavy atom. The second kappa shape index (κ2) is 3.45. The lowest BCUT2D eigenvalue weighted by Crippen LogP contribution is -1.87. The first-order valence-corrected chi connectivity index (χ1v) is 5.20. The molecule has 0 N–H and O–H groups in total. The molecule has 78 valence electrons. The Balaban J connectivity index is 2.15. The Morgan fingerprint density at radius 3 is 2.69 bits per heavy atom. The van der Waals surface area contributed by atoms with Crippen molar-refractivity contribution in [3.05, 3.63) is 54.4 Å². The van der Waals surface area contributed by atoms with Crippen LogP contribution in [0.25, 0.3) is 16.9 Å². The fraction of sp³-hybridized carbons (Fsp3) is 0.0769. The third-order valence-electron chi connectivity index (χ3n) is 2.58. The van der Waals surface area contributed by atoms with Crippen LogP contribution in [0.15, 0.2) is 48.8 Å². The van der Waals surface area contributed by atoms with E-state index in [9.17, 15) is 0 Å². The molecule has 0 radical (unpaired) electrons. The normalized spacial score (nSPS) is 10.8. The van der Waals surface area contributed by atoms with E-state index in [1.165, 1.54) is 5.56 Å². The molecule has 3 aromatic rings. The van der Waals surface area contributed by atoms with E-state index in [1.807, 2.05) is 18.3 Å². The zero-order valence-corrected chi connectivity index (χ0v) is 8.96. The van der Waals surface area contributed by atoms with Gasteiger partial charge in [0.05, 0.1) is 5.69 Å². The van der Waals surface area contributed by atoms with Crippen molar-refractivity contribution in [1.29, 1.82) is 0 Å². The first-order valence-electron chi connectivity index (χ1n) is 5.20. The van der Waals surface area contributed by atoms with Crippen molar-refractivity contribution in [2.75, 3.05) is 0 Å². The summed E-state index contributed by atoms with van der Waals surface area (Å²) in [6.07, 6.45) is 3.68. The summed E-state index contributed by atoms with van der Waals surface area (Å²) >= 11 is 0. The lowest BCUT2D eigenvalue weighted by Gasteiger charge is -1.96. The molecular weight excluding hydrogens is 198 g/mol. The van der Waals surface area contributed by atoms with Gasteiger partial charge in [-0.1, -0.05) is 29.8 Å². The van der Waals surface area contributed by atoms with Gasteiger partial charge in [0.1, 0.15) is 0 Å². The Hall–Kier alpha value is -2.16. The highest BCUT2D eigenvalue weighted by molar-refractivity contribution is 5.64. The number of benzene rings is 1. The zero-order valence-electron chi connectivity index (χ0n) is 8.96. The fourth-order valence-corrected chi connectivity index (χ4v) is 1.70. The van der Waals surface area contributed by atoms with E-state index in [1.54, 1.807) is 10.7 Å². The van der Waals surface area contributed by atoms with Crippen LogP contribution in [-0.2, 0) is 0 Å². The van der Waals surface area contributed by atoms with E-state index in [2.05, 4.69) is 41.3 Å². The summed E-state index contributed by atoms with van der Waals surface area (Å²) in [5.74, 6) is 0. The minimum Gasteiger partial charge on any atom is -0.237 e. The van der Waals surface area contributed by atoms with Gasteiger partial charge in [0.2, 0.25) is 0 Å². The monoisotopic (exact) mass is 209 g/mol. The van der Waals surface area contributed by atoms with Crippen LogP contribution < -0.4 is 0 Å². The van der Waals surface area contributed by atoms with E-state index >= 15 is 0 Å². The summed E-state index contributed by atoms with van der Waals surface area (Å²) in [4.78, 5) is 4.25. The fourth-order valence-electron chi connectivity index (χ4n) is 1.70. The molecule has 0 fully saturated rings. The summed E-state index contributed by atoms with van der Waals surface area (Å²) < 4.78 is 1.79. The summed E-state index contributed by atoms with van der Waals surface area (Å²) in [5.41, 5.74) is 4.21. The molecule has 0 amide bonds. The average molecular weight is 209 g/mol.